The van der Waals surface area contributed by atoms with Crippen LogP contribution in [0.5, 0.6) is 0 Å². The van der Waals surface area contributed by atoms with Crippen LogP contribution in [0, 0.1) is 0 Å². The van der Waals surface area contributed by atoms with Crippen LogP contribution >= 0.6 is 0 Å². The Kier molecular flexibility index (Phi) is 4.23. The second kappa shape index (κ2) is 6.15. The second-order valence-corrected chi connectivity index (χ2v) is 8.17. The van der Waals surface area contributed by atoms with E-state index in [1.807, 2.05) is 48.5 Å². The lowest BCUT2D eigenvalue weighted by atomic mass is 10.1. The summed E-state index contributed by atoms with van der Waals surface area (Å²) in [7, 11) is -2.35. The highest BCUT2D eigenvalue weighted by molar-refractivity contribution is 7.94. The van der Waals surface area contributed by atoms with Crippen LogP contribution < -0.4 is 0 Å². The summed E-state index contributed by atoms with van der Waals surface area (Å²) in [6, 6.07) is 15.2. The fourth-order valence-electron chi connectivity index (χ4n) is 2.39. The van der Waals surface area contributed by atoms with Crippen molar-refractivity contribution in [2.24, 2.45) is 0 Å². The van der Waals surface area contributed by atoms with E-state index >= 15 is 0 Å². The van der Waals surface area contributed by atoms with E-state index in [0.717, 1.165) is 22.3 Å². The third-order valence-corrected chi connectivity index (χ3v) is 6.43. The molecule has 2 nitrogen and oxygen atoms in total. The fraction of sp³-hybridized carbons (Fsp3) is 0.111. The number of fused-ring (bicyclic) bond motifs is 6. The van der Waals surface area contributed by atoms with Crippen molar-refractivity contribution in [1.29, 1.82) is 0 Å². The molecule has 22 heavy (non-hydrogen) atoms. The average Bonchev–Trinajstić information content (AvgIpc) is 2.53. The molecule has 112 valence electrons. The first-order valence-corrected chi connectivity index (χ1v) is 9.51. The summed E-state index contributed by atoms with van der Waals surface area (Å²) < 4.78 is 25.0. The monoisotopic (exact) mass is 328 g/mol. The number of hydrogen-bond donors (Lipinski definition) is 0. The molecule has 0 spiro atoms. The van der Waals surface area contributed by atoms with Crippen molar-refractivity contribution in [3.8, 4) is 0 Å². The van der Waals surface area contributed by atoms with Gasteiger partial charge < -0.3 is 0 Å². The van der Waals surface area contributed by atoms with Gasteiger partial charge in [0.05, 0.1) is 33.1 Å². The highest BCUT2D eigenvalue weighted by atomic mass is 32.2. The Bertz CT molecular complexity index is 740. The lowest BCUT2D eigenvalue weighted by Gasteiger charge is -2.08. The molecule has 2 unspecified atom stereocenters. The molecule has 0 saturated carbocycles. The van der Waals surface area contributed by atoms with Crippen molar-refractivity contribution < 1.29 is 8.42 Å². The van der Waals surface area contributed by atoms with Gasteiger partial charge in [0.1, 0.15) is 0 Å². The standard InChI is InChI=1S/C18H16O2S2/c1-13-17-6-8-18(9-7-17)14(2)22(20)12-16-5-3-4-15(10-16)11-21(13)19/h3-10H,1-2,11-12H2. The summed E-state index contributed by atoms with van der Waals surface area (Å²) in [6.07, 6.45) is 0. The molecule has 4 bridgehead atoms. The van der Waals surface area contributed by atoms with Gasteiger partial charge >= 0.3 is 0 Å². The van der Waals surface area contributed by atoms with E-state index in [9.17, 15) is 8.42 Å². The summed E-state index contributed by atoms with van der Waals surface area (Å²) >= 11 is 0. The Morgan fingerprint density at radius 3 is 1.55 bits per heavy atom. The van der Waals surface area contributed by atoms with Gasteiger partial charge in [0.15, 0.2) is 0 Å². The van der Waals surface area contributed by atoms with Crippen LogP contribution in [0.3, 0.4) is 0 Å². The van der Waals surface area contributed by atoms with Gasteiger partial charge in [0.2, 0.25) is 0 Å². The lowest BCUT2D eigenvalue weighted by Crippen LogP contribution is -1.99. The summed E-state index contributed by atoms with van der Waals surface area (Å²) in [6.45, 7) is 7.93. The van der Waals surface area contributed by atoms with E-state index in [2.05, 4.69) is 13.2 Å². The molecule has 0 N–H and O–H groups in total. The van der Waals surface area contributed by atoms with E-state index in [0.29, 0.717) is 21.3 Å². The quantitative estimate of drug-likeness (QED) is 0.736. The molecule has 2 aromatic rings. The minimum atomic E-state index is -1.17. The molecule has 0 fully saturated rings. The smallest absolute Gasteiger partial charge is 0.0574 e. The molecule has 0 radical (unpaired) electrons. The van der Waals surface area contributed by atoms with Gasteiger partial charge in [-0.1, -0.05) is 61.7 Å². The Morgan fingerprint density at radius 1 is 0.727 bits per heavy atom. The Morgan fingerprint density at radius 2 is 1.14 bits per heavy atom. The molecule has 2 heterocycles. The molecule has 2 atom stereocenters. The van der Waals surface area contributed by atoms with Crippen LogP contribution in [-0.4, -0.2) is 8.42 Å². The van der Waals surface area contributed by atoms with Crippen LogP contribution in [0.4, 0.5) is 0 Å². The molecule has 0 aliphatic carbocycles. The summed E-state index contributed by atoms with van der Waals surface area (Å²) in [5.74, 6) is 0.837. The highest BCUT2D eigenvalue weighted by Crippen LogP contribution is 2.26. The number of benzene rings is 2. The van der Waals surface area contributed by atoms with Crippen molar-refractivity contribution in [1.82, 2.24) is 0 Å². The first kappa shape index (κ1) is 15.1. The summed E-state index contributed by atoms with van der Waals surface area (Å²) in [5.41, 5.74) is 3.62. The topological polar surface area (TPSA) is 34.1 Å². The zero-order valence-electron chi connectivity index (χ0n) is 12.1. The molecule has 0 aromatic heterocycles. The maximum Gasteiger partial charge on any atom is 0.0574 e. The summed E-state index contributed by atoms with van der Waals surface area (Å²) in [4.78, 5) is 1.23. The van der Waals surface area contributed by atoms with Gasteiger partial charge in [-0.2, -0.15) is 0 Å². The van der Waals surface area contributed by atoms with Crippen molar-refractivity contribution in [3.05, 3.63) is 83.9 Å². The third-order valence-electron chi connectivity index (χ3n) is 3.67. The van der Waals surface area contributed by atoms with Gasteiger partial charge in [-0.15, -0.1) is 0 Å². The van der Waals surface area contributed by atoms with Crippen LogP contribution in [0.25, 0.3) is 9.81 Å². The predicted octanol–water partition coefficient (Wildman–Crippen LogP) is 3.84. The summed E-state index contributed by atoms with van der Waals surface area (Å²) in [5, 5.41) is 0. The maximum absolute atomic E-state index is 12.5. The van der Waals surface area contributed by atoms with Crippen LogP contribution in [0.2, 0.25) is 0 Å². The van der Waals surface area contributed by atoms with E-state index in [4.69, 9.17) is 0 Å². The van der Waals surface area contributed by atoms with Gasteiger partial charge in [0, 0.05) is 9.81 Å². The molecule has 2 aliphatic rings. The fourth-order valence-corrected chi connectivity index (χ4v) is 4.50. The van der Waals surface area contributed by atoms with E-state index in [1.165, 1.54) is 0 Å². The minimum absolute atomic E-state index is 0.419. The van der Waals surface area contributed by atoms with E-state index in [1.54, 1.807) is 0 Å². The van der Waals surface area contributed by atoms with Crippen molar-refractivity contribution in [2.45, 2.75) is 11.5 Å². The van der Waals surface area contributed by atoms with Gasteiger partial charge in [-0.25, -0.2) is 0 Å². The normalized spacial score (nSPS) is 21.8. The molecular weight excluding hydrogens is 312 g/mol. The first-order chi connectivity index (χ1) is 10.5. The van der Waals surface area contributed by atoms with Crippen LogP contribution in [-0.2, 0) is 33.1 Å². The average molecular weight is 328 g/mol. The zero-order valence-corrected chi connectivity index (χ0v) is 13.7. The van der Waals surface area contributed by atoms with Gasteiger partial charge in [0.25, 0.3) is 0 Å². The Labute approximate surface area is 135 Å². The predicted molar refractivity (Wildman–Crippen MR) is 94.6 cm³/mol. The molecular formula is C18H16O2S2. The molecule has 4 rings (SSSR count). The molecule has 2 aliphatic heterocycles. The molecule has 4 heteroatoms. The third kappa shape index (κ3) is 3.03. The van der Waals surface area contributed by atoms with E-state index in [-0.39, 0.29) is 0 Å². The zero-order chi connectivity index (χ0) is 15.7. The lowest BCUT2D eigenvalue weighted by molar-refractivity contribution is 0.688. The van der Waals surface area contributed by atoms with Crippen LogP contribution in [0.1, 0.15) is 22.3 Å². The molecule has 0 amide bonds. The molecule has 0 saturated heterocycles. The van der Waals surface area contributed by atoms with Crippen molar-refractivity contribution in [2.75, 3.05) is 0 Å². The van der Waals surface area contributed by atoms with Crippen molar-refractivity contribution in [3.63, 3.8) is 0 Å². The Balaban J connectivity index is 2.10. The van der Waals surface area contributed by atoms with Gasteiger partial charge in [-0.3, -0.25) is 8.42 Å². The first-order valence-electron chi connectivity index (χ1n) is 6.88. The van der Waals surface area contributed by atoms with E-state index < -0.39 is 21.6 Å². The number of hydrogen-bond acceptors (Lipinski definition) is 2. The Hall–Kier alpha value is -1.78. The second-order valence-electron chi connectivity index (χ2n) is 5.22. The maximum atomic E-state index is 12.5. The number of rotatable bonds is 0. The van der Waals surface area contributed by atoms with Crippen LogP contribution in [0.15, 0.2) is 61.7 Å². The minimum Gasteiger partial charge on any atom is -0.254 e. The highest BCUT2D eigenvalue weighted by Gasteiger charge is 2.14. The van der Waals surface area contributed by atoms with Gasteiger partial charge in [-0.05, 0) is 22.3 Å². The SMILES string of the molecule is C=C1c2ccc(cc2)C(=C)S(=O)Cc2cccc(c2)CS1=O. The largest absolute Gasteiger partial charge is 0.254 e. The van der Waals surface area contributed by atoms with Crippen molar-refractivity contribution >= 4 is 31.4 Å². The molecule has 2 aromatic carbocycles.